The van der Waals surface area contributed by atoms with E-state index in [1.165, 1.54) is 6.26 Å². The first-order valence-electron chi connectivity index (χ1n) is 9.52. The first kappa shape index (κ1) is 18.3. The third kappa shape index (κ3) is 3.40. The number of ketones is 1. The minimum absolute atomic E-state index is 0.0608. The molecule has 1 unspecified atom stereocenters. The standard InChI is InChI=1S/C23H23NO4/c1-15-21(9-11-28-15)23(26)24-10-3-4-19(14-24)22(25)18-6-5-17-13-20(27-2)8-7-16(17)12-18/h5-9,11-13,19H,3-4,10,14H2,1-2H3. The van der Waals surface area contributed by atoms with Crippen molar-refractivity contribution in [2.24, 2.45) is 5.92 Å². The van der Waals surface area contributed by atoms with E-state index < -0.39 is 0 Å². The maximum Gasteiger partial charge on any atom is 0.257 e. The summed E-state index contributed by atoms with van der Waals surface area (Å²) in [7, 11) is 1.64. The molecule has 0 N–H and O–H groups in total. The number of amides is 1. The van der Waals surface area contributed by atoms with Crippen molar-refractivity contribution in [2.75, 3.05) is 20.2 Å². The van der Waals surface area contributed by atoms with E-state index in [1.54, 1.807) is 25.0 Å². The number of carbonyl (C=O) groups is 2. The number of carbonyl (C=O) groups excluding carboxylic acids is 2. The molecule has 1 amide bonds. The van der Waals surface area contributed by atoms with E-state index in [9.17, 15) is 9.59 Å². The predicted molar refractivity (Wildman–Crippen MR) is 107 cm³/mol. The lowest BCUT2D eigenvalue weighted by atomic mass is 9.89. The minimum Gasteiger partial charge on any atom is -0.497 e. The number of hydrogen-bond acceptors (Lipinski definition) is 4. The van der Waals surface area contributed by atoms with Crippen LogP contribution in [-0.2, 0) is 0 Å². The van der Waals surface area contributed by atoms with Crippen LogP contribution in [0.3, 0.4) is 0 Å². The van der Waals surface area contributed by atoms with Gasteiger partial charge < -0.3 is 14.1 Å². The highest BCUT2D eigenvalue weighted by atomic mass is 16.5. The number of nitrogens with zero attached hydrogens (tertiary/aromatic N) is 1. The zero-order chi connectivity index (χ0) is 19.7. The Labute approximate surface area is 163 Å². The van der Waals surface area contributed by atoms with Crippen molar-refractivity contribution in [1.29, 1.82) is 0 Å². The molecular weight excluding hydrogens is 354 g/mol. The van der Waals surface area contributed by atoms with Crippen molar-refractivity contribution in [1.82, 2.24) is 4.90 Å². The summed E-state index contributed by atoms with van der Waals surface area (Å²) in [6, 6.07) is 13.3. The molecule has 1 saturated heterocycles. The Balaban J connectivity index is 1.53. The third-order valence-electron chi connectivity index (χ3n) is 5.50. The Hall–Kier alpha value is -3.08. The van der Waals surface area contributed by atoms with Crippen LogP contribution in [0.5, 0.6) is 5.75 Å². The number of ether oxygens (including phenoxy) is 1. The Morgan fingerprint density at radius 2 is 1.89 bits per heavy atom. The molecule has 1 fully saturated rings. The van der Waals surface area contributed by atoms with Gasteiger partial charge in [-0.2, -0.15) is 0 Å². The summed E-state index contributed by atoms with van der Waals surface area (Å²) >= 11 is 0. The van der Waals surface area contributed by atoms with Gasteiger partial charge in [0, 0.05) is 24.6 Å². The Kier molecular flexibility index (Phi) is 4.90. The summed E-state index contributed by atoms with van der Waals surface area (Å²) in [4.78, 5) is 27.6. The van der Waals surface area contributed by atoms with E-state index in [-0.39, 0.29) is 17.6 Å². The topological polar surface area (TPSA) is 59.8 Å². The molecule has 1 aromatic heterocycles. The molecule has 4 rings (SSSR count). The SMILES string of the molecule is COc1ccc2cc(C(=O)C3CCCN(C(=O)c4ccoc4C)C3)ccc2c1. The van der Waals surface area contributed by atoms with Crippen molar-refractivity contribution in [2.45, 2.75) is 19.8 Å². The van der Waals surface area contributed by atoms with Gasteiger partial charge in [-0.05, 0) is 54.8 Å². The second-order valence-corrected chi connectivity index (χ2v) is 7.27. The smallest absolute Gasteiger partial charge is 0.257 e. The molecule has 0 bridgehead atoms. The lowest BCUT2D eigenvalue weighted by Crippen LogP contribution is -2.42. The Morgan fingerprint density at radius 1 is 1.11 bits per heavy atom. The van der Waals surface area contributed by atoms with Gasteiger partial charge in [-0.1, -0.05) is 18.2 Å². The number of benzene rings is 2. The summed E-state index contributed by atoms with van der Waals surface area (Å²) in [6.45, 7) is 2.90. The molecule has 0 aliphatic carbocycles. The number of rotatable bonds is 4. The summed E-state index contributed by atoms with van der Waals surface area (Å²) in [5, 5.41) is 2.04. The van der Waals surface area contributed by atoms with Crippen LogP contribution in [0, 0.1) is 12.8 Å². The van der Waals surface area contributed by atoms with E-state index >= 15 is 0 Å². The quantitative estimate of drug-likeness (QED) is 0.629. The molecule has 144 valence electrons. The normalized spacial score (nSPS) is 16.9. The molecule has 0 spiro atoms. The number of fused-ring (bicyclic) bond motifs is 1. The average molecular weight is 377 g/mol. The van der Waals surface area contributed by atoms with Crippen molar-refractivity contribution in [3.63, 3.8) is 0 Å². The van der Waals surface area contributed by atoms with Crippen LogP contribution in [0.15, 0.2) is 53.1 Å². The number of aryl methyl sites for hydroxylation is 1. The number of methoxy groups -OCH3 is 1. The summed E-state index contributed by atoms with van der Waals surface area (Å²) in [6.07, 6.45) is 3.15. The molecule has 2 aromatic carbocycles. The first-order chi connectivity index (χ1) is 13.6. The second-order valence-electron chi connectivity index (χ2n) is 7.27. The van der Waals surface area contributed by atoms with Gasteiger partial charge in [-0.3, -0.25) is 9.59 Å². The van der Waals surface area contributed by atoms with Crippen LogP contribution in [-0.4, -0.2) is 36.8 Å². The van der Waals surface area contributed by atoms with Gasteiger partial charge in [0.1, 0.15) is 11.5 Å². The lowest BCUT2D eigenvalue weighted by Gasteiger charge is -2.32. The summed E-state index contributed by atoms with van der Waals surface area (Å²) in [5.41, 5.74) is 1.27. The van der Waals surface area contributed by atoms with E-state index in [0.717, 1.165) is 29.4 Å². The van der Waals surface area contributed by atoms with Gasteiger partial charge in [0.15, 0.2) is 5.78 Å². The van der Waals surface area contributed by atoms with Crippen LogP contribution < -0.4 is 4.74 Å². The summed E-state index contributed by atoms with van der Waals surface area (Å²) < 4.78 is 10.5. The fourth-order valence-electron chi connectivity index (χ4n) is 3.89. The van der Waals surface area contributed by atoms with Crippen LogP contribution in [0.2, 0.25) is 0 Å². The molecule has 0 saturated carbocycles. The van der Waals surface area contributed by atoms with Gasteiger partial charge in [0.2, 0.25) is 0 Å². The van der Waals surface area contributed by atoms with Crippen molar-refractivity contribution in [3.05, 3.63) is 65.6 Å². The van der Waals surface area contributed by atoms with Crippen molar-refractivity contribution >= 4 is 22.5 Å². The van der Waals surface area contributed by atoms with Gasteiger partial charge >= 0.3 is 0 Å². The van der Waals surface area contributed by atoms with Crippen LogP contribution >= 0.6 is 0 Å². The van der Waals surface area contributed by atoms with Crippen LogP contribution in [0.25, 0.3) is 10.8 Å². The van der Waals surface area contributed by atoms with Gasteiger partial charge in [-0.25, -0.2) is 0 Å². The molecule has 5 nitrogen and oxygen atoms in total. The molecule has 2 heterocycles. The Morgan fingerprint density at radius 3 is 2.64 bits per heavy atom. The number of likely N-dealkylation sites (tertiary alicyclic amines) is 1. The monoisotopic (exact) mass is 377 g/mol. The zero-order valence-corrected chi connectivity index (χ0v) is 16.1. The number of furan rings is 1. The van der Waals surface area contributed by atoms with E-state index in [2.05, 4.69) is 0 Å². The maximum atomic E-state index is 13.1. The Bertz CT molecular complexity index is 1040. The molecule has 28 heavy (non-hydrogen) atoms. The molecule has 1 aliphatic heterocycles. The zero-order valence-electron chi connectivity index (χ0n) is 16.1. The van der Waals surface area contributed by atoms with E-state index in [1.807, 2.05) is 36.4 Å². The van der Waals surface area contributed by atoms with E-state index in [4.69, 9.17) is 9.15 Å². The first-order valence-corrected chi connectivity index (χ1v) is 9.52. The van der Waals surface area contributed by atoms with E-state index in [0.29, 0.717) is 30.0 Å². The average Bonchev–Trinajstić information content (AvgIpc) is 3.17. The largest absolute Gasteiger partial charge is 0.497 e. The molecule has 1 aliphatic rings. The fourth-order valence-corrected chi connectivity index (χ4v) is 3.89. The van der Waals surface area contributed by atoms with Crippen molar-refractivity contribution < 1.29 is 18.7 Å². The highest BCUT2D eigenvalue weighted by Crippen LogP contribution is 2.26. The number of Topliss-reactive ketones (excluding diaryl/α,β-unsaturated/α-hetero) is 1. The highest BCUT2D eigenvalue weighted by Gasteiger charge is 2.30. The van der Waals surface area contributed by atoms with Crippen LogP contribution in [0.1, 0.15) is 39.3 Å². The predicted octanol–water partition coefficient (Wildman–Crippen LogP) is 4.48. The second kappa shape index (κ2) is 7.50. The molecule has 3 aromatic rings. The highest BCUT2D eigenvalue weighted by molar-refractivity contribution is 6.02. The number of piperidine rings is 1. The lowest BCUT2D eigenvalue weighted by molar-refractivity contribution is 0.0635. The molecule has 1 atom stereocenters. The molecule has 5 heteroatoms. The molecular formula is C23H23NO4. The van der Waals surface area contributed by atoms with Gasteiger partial charge in [-0.15, -0.1) is 0 Å². The van der Waals surface area contributed by atoms with Crippen LogP contribution in [0.4, 0.5) is 0 Å². The third-order valence-corrected chi connectivity index (χ3v) is 5.50. The number of hydrogen-bond donors (Lipinski definition) is 0. The fraction of sp³-hybridized carbons (Fsp3) is 0.304. The molecule has 0 radical (unpaired) electrons. The minimum atomic E-state index is -0.180. The summed E-state index contributed by atoms with van der Waals surface area (Å²) in [5.74, 6) is 1.26. The van der Waals surface area contributed by atoms with Gasteiger partial charge in [0.05, 0.1) is 18.9 Å². The van der Waals surface area contributed by atoms with Gasteiger partial charge in [0.25, 0.3) is 5.91 Å². The maximum absolute atomic E-state index is 13.1. The van der Waals surface area contributed by atoms with Crippen molar-refractivity contribution in [3.8, 4) is 5.75 Å².